The minimum Gasteiger partial charge on any atom is -0.313 e. The topological polar surface area (TPSA) is 38.7 Å². The molecule has 1 aromatic carbocycles. The van der Waals surface area contributed by atoms with Crippen molar-refractivity contribution in [3.63, 3.8) is 0 Å². The van der Waals surface area contributed by atoms with Crippen LogP contribution in [0.3, 0.4) is 0 Å². The molecule has 2 atom stereocenters. The van der Waals surface area contributed by atoms with E-state index in [9.17, 15) is 4.79 Å². The zero-order valence-corrected chi connectivity index (χ0v) is 12.3. The summed E-state index contributed by atoms with van der Waals surface area (Å²) < 4.78 is 0. The molecule has 2 fully saturated rings. The van der Waals surface area contributed by atoms with Gasteiger partial charge in [0.2, 0.25) is 0 Å². The van der Waals surface area contributed by atoms with E-state index in [1.165, 1.54) is 6.42 Å². The Kier molecular flexibility index (Phi) is 2.96. The van der Waals surface area contributed by atoms with E-state index in [1.807, 2.05) is 18.2 Å². The summed E-state index contributed by atoms with van der Waals surface area (Å²) in [4.78, 5) is 17.1. The second kappa shape index (κ2) is 4.44. The number of fused-ring (bicyclic) bond motifs is 2. The van der Waals surface area contributed by atoms with Crippen LogP contribution in [0.15, 0.2) is 35.5 Å². The number of hydrogen-bond donors (Lipinski definition) is 0. The molecule has 2 aliphatic carbocycles. The van der Waals surface area contributed by atoms with Crippen molar-refractivity contribution in [1.82, 2.24) is 0 Å². The second-order valence-corrected chi connectivity index (χ2v) is 6.78. The van der Waals surface area contributed by atoms with Gasteiger partial charge in [-0.2, -0.15) is 0 Å². The van der Waals surface area contributed by atoms with E-state index in [0.29, 0.717) is 11.5 Å². The Bertz CT molecular complexity index is 562. The summed E-state index contributed by atoms with van der Waals surface area (Å²) in [6.07, 6.45) is 3.37. The smallest absolute Gasteiger partial charge is 0.313 e. The fraction of sp³-hybridized carbons (Fsp3) is 0.529. The van der Waals surface area contributed by atoms with Crippen LogP contribution < -0.4 is 0 Å². The molecule has 1 aromatic rings. The number of benzene rings is 1. The van der Waals surface area contributed by atoms with E-state index in [0.717, 1.165) is 18.6 Å². The molecule has 0 spiro atoms. The van der Waals surface area contributed by atoms with Gasteiger partial charge in [-0.1, -0.05) is 44.1 Å². The van der Waals surface area contributed by atoms with Gasteiger partial charge in [0.1, 0.15) is 0 Å². The Balaban J connectivity index is 1.77. The summed E-state index contributed by atoms with van der Waals surface area (Å²) >= 11 is 0. The Morgan fingerprint density at radius 2 is 1.95 bits per heavy atom. The van der Waals surface area contributed by atoms with Gasteiger partial charge >= 0.3 is 5.97 Å². The average Bonchev–Trinajstić information content (AvgIpc) is 2.78. The standard InChI is InChI=1S/C17H21NO2/c1-16(2)13-9-10-17(16,3)14(11-13)18-20-15(19)12-7-5-4-6-8-12/h4-8,13H,9-11H2,1-3H3. The third-order valence-corrected chi connectivity index (χ3v) is 5.76. The van der Waals surface area contributed by atoms with Gasteiger partial charge in [0, 0.05) is 5.41 Å². The Morgan fingerprint density at radius 1 is 1.25 bits per heavy atom. The van der Waals surface area contributed by atoms with Crippen molar-refractivity contribution < 1.29 is 9.63 Å². The predicted octanol–water partition coefficient (Wildman–Crippen LogP) is 4.05. The van der Waals surface area contributed by atoms with E-state index in [1.54, 1.807) is 12.1 Å². The van der Waals surface area contributed by atoms with Crippen LogP contribution in [0.25, 0.3) is 0 Å². The molecule has 0 amide bonds. The summed E-state index contributed by atoms with van der Waals surface area (Å²) in [5, 5.41) is 4.22. The number of nitrogens with zero attached hydrogens (tertiary/aromatic N) is 1. The quantitative estimate of drug-likeness (QED) is 0.601. The fourth-order valence-electron chi connectivity index (χ4n) is 3.79. The van der Waals surface area contributed by atoms with Crippen molar-refractivity contribution in [2.45, 2.75) is 40.0 Å². The third kappa shape index (κ3) is 1.80. The molecule has 3 heteroatoms. The van der Waals surface area contributed by atoms with Gasteiger partial charge in [0.15, 0.2) is 0 Å². The van der Waals surface area contributed by atoms with Crippen LogP contribution in [0.2, 0.25) is 0 Å². The molecule has 0 N–H and O–H groups in total. The van der Waals surface area contributed by atoms with Gasteiger partial charge in [0.05, 0.1) is 11.3 Å². The van der Waals surface area contributed by atoms with E-state index in [-0.39, 0.29) is 16.8 Å². The van der Waals surface area contributed by atoms with E-state index in [4.69, 9.17) is 4.84 Å². The largest absolute Gasteiger partial charge is 0.365 e. The number of rotatable bonds is 2. The van der Waals surface area contributed by atoms with Crippen molar-refractivity contribution in [1.29, 1.82) is 0 Å². The Hall–Kier alpha value is -1.64. The molecule has 3 rings (SSSR count). The van der Waals surface area contributed by atoms with Crippen LogP contribution in [0.1, 0.15) is 50.4 Å². The SMILES string of the molecule is CC12CCC(CC1=NOC(=O)c1ccccc1)C2(C)C. The fourth-order valence-corrected chi connectivity index (χ4v) is 3.79. The molecule has 0 radical (unpaired) electrons. The number of carbonyl (C=O) groups excluding carboxylic acids is 1. The molecule has 0 saturated heterocycles. The maximum atomic E-state index is 11.9. The first kappa shape index (κ1) is 13.3. The molecule has 106 valence electrons. The summed E-state index contributed by atoms with van der Waals surface area (Å²) in [6, 6.07) is 9.02. The van der Waals surface area contributed by atoms with E-state index in [2.05, 4.69) is 25.9 Å². The van der Waals surface area contributed by atoms with Gasteiger partial charge in [0.25, 0.3) is 0 Å². The summed E-state index contributed by atoms with van der Waals surface area (Å²) in [6.45, 7) is 6.88. The molecular formula is C17H21NO2. The first-order chi connectivity index (χ1) is 9.45. The minimum absolute atomic E-state index is 0.0780. The Morgan fingerprint density at radius 3 is 2.50 bits per heavy atom. The third-order valence-electron chi connectivity index (χ3n) is 5.76. The predicted molar refractivity (Wildman–Crippen MR) is 78.5 cm³/mol. The normalized spacial score (nSPS) is 32.5. The molecule has 2 unspecified atom stereocenters. The van der Waals surface area contributed by atoms with Crippen molar-refractivity contribution in [3.05, 3.63) is 35.9 Å². The van der Waals surface area contributed by atoms with Crippen molar-refractivity contribution in [3.8, 4) is 0 Å². The highest BCUT2D eigenvalue weighted by Crippen LogP contribution is 2.63. The summed E-state index contributed by atoms with van der Waals surface area (Å²) in [5.74, 6) is 0.295. The molecule has 2 bridgehead atoms. The van der Waals surface area contributed by atoms with Crippen LogP contribution in [0, 0.1) is 16.7 Å². The van der Waals surface area contributed by atoms with Gasteiger partial charge in [-0.05, 0) is 42.7 Å². The first-order valence-corrected chi connectivity index (χ1v) is 7.29. The van der Waals surface area contributed by atoms with Crippen LogP contribution in [-0.4, -0.2) is 11.7 Å². The van der Waals surface area contributed by atoms with Gasteiger partial charge in [-0.3, -0.25) is 0 Å². The highest BCUT2D eigenvalue weighted by atomic mass is 16.7. The summed E-state index contributed by atoms with van der Waals surface area (Å²) in [7, 11) is 0. The molecule has 0 aromatic heterocycles. The van der Waals surface area contributed by atoms with Gasteiger partial charge in [-0.15, -0.1) is 0 Å². The van der Waals surface area contributed by atoms with Crippen molar-refractivity contribution >= 4 is 11.7 Å². The molecular weight excluding hydrogens is 250 g/mol. The summed E-state index contributed by atoms with van der Waals surface area (Å²) in [5.41, 5.74) is 1.94. The van der Waals surface area contributed by atoms with Gasteiger partial charge < -0.3 is 4.84 Å². The van der Waals surface area contributed by atoms with E-state index >= 15 is 0 Å². The zero-order chi connectivity index (χ0) is 14.4. The molecule has 3 nitrogen and oxygen atoms in total. The van der Waals surface area contributed by atoms with Crippen LogP contribution in [0.4, 0.5) is 0 Å². The maximum Gasteiger partial charge on any atom is 0.365 e. The average molecular weight is 271 g/mol. The molecule has 0 heterocycles. The lowest BCUT2D eigenvalue weighted by Gasteiger charge is -2.34. The molecule has 2 aliphatic rings. The Labute approximate surface area is 120 Å². The highest BCUT2D eigenvalue weighted by Gasteiger charge is 2.60. The van der Waals surface area contributed by atoms with Crippen LogP contribution in [0.5, 0.6) is 0 Å². The lowest BCUT2D eigenvalue weighted by Crippen LogP contribution is -2.32. The molecule has 20 heavy (non-hydrogen) atoms. The van der Waals surface area contributed by atoms with Crippen molar-refractivity contribution in [2.75, 3.05) is 0 Å². The second-order valence-electron chi connectivity index (χ2n) is 6.78. The number of oxime groups is 1. The maximum absolute atomic E-state index is 11.9. The number of carbonyl (C=O) groups is 1. The first-order valence-electron chi connectivity index (χ1n) is 7.29. The van der Waals surface area contributed by atoms with Crippen molar-refractivity contribution in [2.24, 2.45) is 21.9 Å². The zero-order valence-electron chi connectivity index (χ0n) is 12.3. The van der Waals surface area contributed by atoms with E-state index < -0.39 is 0 Å². The lowest BCUT2D eigenvalue weighted by atomic mass is 9.70. The van der Waals surface area contributed by atoms with Crippen LogP contribution in [-0.2, 0) is 4.84 Å². The molecule has 2 saturated carbocycles. The van der Waals surface area contributed by atoms with Gasteiger partial charge in [-0.25, -0.2) is 4.79 Å². The monoisotopic (exact) mass is 271 g/mol. The van der Waals surface area contributed by atoms with Crippen LogP contribution >= 0.6 is 0 Å². The lowest BCUT2D eigenvalue weighted by molar-refractivity contribution is 0.0508. The molecule has 0 aliphatic heterocycles. The minimum atomic E-state index is -0.373. The highest BCUT2D eigenvalue weighted by molar-refractivity contribution is 5.95. The number of hydrogen-bond acceptors (Lipinski definition) is 3.